The smallest absolute Gasteiger partial charge is 0.0201 e. The van der Waals surface area contributed by atoms with E-state index >= 15 is 0 Å². The highest BCUT2D eigenvalue weighted by atomic mass is 32.2. The summed E-state index contributed by atoms with van der Waals surface area (Å²) in [7, 11) is 0. The van der Waals surface area contributed by atoms with Gasteiger partial charge in [-0.3, -0.25) is 0 Å². The van der Waals surface area contributed by atoms with E-state index in [0.717, 1.165) is 23.8 Å². The molecule has 0 amide bonds. The summed E-state index contributed by atoms with van der Waals surface area (Å²) in [6, 6.07) is 0.775. The molecule has 0 aromatic carbocycles. The second kappa shape index (κ2) is 9.27. The molecule has 0 aliphatic heterocycles. The molecule has 1 saturated carbocycles. The topological polar surface area (TPSA) is 12.0 Å². The number of nitrogens with one attached hydrogen (secondary N) is 1. The van der Waals surface area contributed by atoms with Crippen LogP contribution in [0.15, 0.2) is 0 Å². The summed E-state index contributed by atoms with van der Waals surface area (Å²) in [5, 5.41) is 4.59. The van der Waals surface area contributed by atoms with Gasteiger partial charge < -0.3 is 5.32 Å². The summed E-state index contributed by atoms with van der Waals surface area (Å²) in [5.41, 5.74) is 0. The predicted octanol–water partition coefficient (Wildman–Crippen LogP) is 4.47. The van der Waals surface area contributed by atoms with Crippen molar-refractivity contribution in [3.05, 3.63) is 0 Å². The molecular formula is C15H31NS. The van der Waals surface area contributed by atoms with Gasteiger partial charge in [-0.1, -0.05) is 46.5 Å². The summed E-state index contributed by atoms with van der Waals surface area (Å²) in [6.45, 7) is 8.04. The van der Waals surface area contributed by atoms with Gasteiger partial charge in [-0.05, 0) is 37.5 Å². The zero-order valence-electron chi connectivity index (χ0n) is 12.0. The zero-order valence-corrected chi connectivity index (χ0v) is 12.8. The predicted molar refractivity (Wildman–Crippen MR) is 80.9 cm³/mol. The molecule has 0 spiro atoms. The lowest BCUT2D eigenvalue weighted by Gasteiger charge is -2.29. The van der Waals surface area contributed by atoms with Gasteiger partial charge in [0.1, 0.15) is 0 Å². The molecule has 2 unspecified atom stereocenters. The third-order valence-corrected chi connectivity index (χ3v) is 5.16. The highest BCUT2D eigenvalue weighted by molar-refractivity contribution is 7.99. The Labute approximate surface area is 113 Å². The van der Waals surface area contributed by atoms with E-state index in [1.54, 1.807) is 0 Å². The number of hydrogen-bond acceptors (Lipinski definition) is 2. The van der Waals surface area contributed by atoms with Crippen LogP contribution in [0.25, 0.3) is 0 Å². The maximum Gasteiger partial charge on any atom is 0.0201 e. The monoisotopic (exact) mass is 257 g/mol. The van der Waals surface area contributed by atoms with Gasteiger partial charge in [0.05, 0.1) is 0 Å². The average molecular weight is 257 g/mol. The molecule has 0 radical (unpaired) electrons. The van der Waals surface area contributed by atoms with Crippen LogP contribution in [-0.4, -0.2) is 23.6 Å². The third-order valence-electron chi connectivity index (χ3n) is 3.70. The molecule has 17 heavy (non-hydrogen) atoms. The van der Waals surface area contributed by atoms with E-state index in [4.69, 9.17) is 0 Å². The van der Waals surface area contributed by atoms with Gasteiger partial charge in [0, 0.05) is 11.3 Å². The molecule has 1 rings (SSSR count). The number of rotatable bonds is 6. The minimum absolute atomic E-state index is 0.775. The maximum absolute atomic E-state index is 3.72. The van der Waals surface area contributed by atoms with Crippen LogP contribution in [0.3, 0.4) is 0 Å². The van der Waals surface area contributed by atoms with E-state index in [2.05, 4.69) is 37.8 Å². The van der Waals surface area contributed by atoms with Gasteiger partial charge in [0.25, 0.3) is 0 Å². The lowest BCUT2D eigenvalue weighted by molar-refractivity contribution is 0.406. The van der Waals surface area contributed by atoms with Gasteiger partial charge in [0.2, 0.25) is 0 Å². The quantitative estimate of drug-likeness (QED) is 0.753. The molecule has 1 N–H and O–H groups in total. The number of thioether (sulfide) groups is 1. The molecule has 0 aromatic rings. The Kier molecular flexibility index (Phi) is 8.38. The van der Waals surface area contributed by atoms with Crippen LogP contribution < -0.4 is 5.32 Å². The fraction of sp³-hybridized carbons (Fsp3) is 1.00. The minimum atomic E-state index is 0.775. The van der Waals surface area contributed by atoms with Crippen LogP contribution in [-0.2, 0) is 0 Å². The van der Waals surface area contributed by atoms with E-state index in [9.17, 15) is 0 Å². The normalized spacial score (nSPS) is 26.8. The van der Waals surface area contributed by atoms with E-state index < -0.39 is 0 Å². The van der Waals surface area contributed by atoms with E-state index in [0.29, 0.717) is 0 Å². The SMILES string of the molecule is CCNC1CCCCCCC1SCCC(C)C. The Morgan fingerprint density at radius 3 is 2.47 bits per heavy atom. The first kappa shape index (κ1) is 15.4. The van der Waals surface area contributed by atoms with Crippen molar-refractivity contribution in [3.63, 3.8) is 0 Å². The van der Waals surface area contributed by atoms with E-state index in [-0.39, 0.29) is 0 Å². The third kappa shape index (κ3) is 6.71. The van der Waals surface area contributed by atoms with Gasteiger partial charge in [0.15, 0.2) is 0 Å². The van der Waals surface area contributed by atoms with Crippen molar-refractivity contribution in [3.8, 4) is 0 Å². The van der Waals surface area contributed by atoms with Crippen molar-refractivity contribution in [2.45, 2.75) is 77.0 Å². The maximum atomic E-state index is 3.72. The summed E-state index contributed by atoms with van der Waals surface area (Å²) >= 11 is 2.23. The van der Waals surface area contributed by atoms with E-state index in [1.165, 1.54) is 50.7 Å². The van der Waals surface area contributed by atoms with Crippen molar-refractivity contribution in [2.24, 2.45) is 5.92 Å². The van der Waals surface area contributed by atoms with Gasteiger partial charge >= 0.3 is 0 Å². The van der Waals surface area contributed by atoms with Crippen molar-refractivity contribution in [2.75, 3.05) is 12.3 Å². The van der Waals surface area contributed by atoms with E-state index in [1.807, 2.05) is 0 Å². The molecule has 0 heterocycles. The summed E-state index contributed by atoms with van der Waals surface area (Å²) in [4.78, 5) is 0. The lowest BCUT2D eigenvalue weighted by Crippen LogP contribution is -2.39. The lowest BCUT2D eigenvalue weighted by atomic mass is 9.96. The van der Waals surface area contributed by atoms with Gasteiger partial charge in [-0.2, -0.15) is 11.8 Å². The second-order valence-corrected chi connectivity index (χ2v) is 7.09. The standard InChI is InChI=1S/C15H31NS/c1-4-16-14-9-7-5-6-8-10-15(14)17-12-11-13(2)3/h13-16H,4-12H2,1-3H3. The molecule has 1 aliphatic carbocycles. The average Bonchev–Trinajstić information content (AvgIpc) is 2.26. The Bertz CT molecular complexity index is 182. The van der Waals surface area contributed by atoms with Crippen molar-refractivity contribution < 1.29 is 0 Å². The Morgan fingerprint density at radius 1 is 1.12 bits per heavy atom. The van der Waals surface area contributed by atoms with Gasteiger partial charge in [-0.25, -0.2) is 0 Å². The van der Waals surface area contributed by atoms with Crippen molar-refractivity contribution in [1.29, 1.82) is 0 Å². The molecule has 1 fully saturated rings. The molecule has 0 saturated heterocycles. The molecule has 1 nitrogen and oxygen atoms in total. The second-order valence-electron chi connectivity index (χ2n) is 5.75. The van der Waals surface area contributed by atoms with Crippen LogP contribution in [0.5, 0.6) is 0 Å². The van der Waals surface area contributed by atoms with Gasteiger partial charge in [-0.15, -0.1) is 0 Å². The summed E-state index contributed by atoms with van der Waals surface area (Å²) < 4.78 is 0. The first-order valence-corrected chi connectivity index (χ1v) is 8.64. The van der Waals surface area contributed by atoms with Crippen LogP contribution in [0.1, 0.15) is 65.7 Å². The molecule has 0 bridgehead atoms. The van der Waals surface area contributed by atoms with Crippen LogP contribution in [0.2, 0.25) is 0 Å². The highest BCUT2D eigenvalue weighted by Gasteiger charge is 2.22. The largest absolute Gasteiger partial charge is 0.313 e. The number of hydrogen-bond donors (Lipinski definition) is 1. The van der Waals surface area contributed by atoms with Crippen molar-refractivity contribution >= 4 is 11.8 Å². The Balaban J connectivity index is 2.36. The van der Waals surface area contributed by atoms with Crippen LogP contribution >= 0.6 is 11.8 Å². The summed E-state index contributed by atoms with van der Waals surface area (Å²) in [5.74, 6) is 2.21. The van der Waals surface area contributed by atoms with Crippen LogP contribution in [0.4, 0.5) is 0 Å². The first-order valence-electron chi connectivity index (χ1n) is 7.59. The minimum Gasteiger partial charge on any atom is -0.313 e. The Morgan fingerprint density at radius 2 is 1.82 bits per heavy atom. The van der Waals surface area contributed by atoms with Crippen LogP contribution in [0, 0.1) is 5.92 Å². The Hall–Kier alpha value is 0.310. The molecular weight excluding hydrogens is 226 g/mol. The fourth-order valence-electron chi connectivity index (χ4n) is 2.60. The first-order chi connectivity index (χ1) is 8.24. The molecule has 2 atom stereocenters. The van der Waals surface area contributed by atoms with Crippen molar-refractivity contribution in [1.82, 2.24) is 5.32 Å². The zero-order chi connectivity index (χ0) is 12.5. The molecule has 0 aromatic heterocycles. The summed E-state index contributed by atoms with van der Waals surface area (Å²) in [6.07, 6.45) is 9.99. The highest BCUT2D eigenvalue weighted by Crippen LogP contribution is 2.28. The molecule has 2 heteroatoms. The molecule has 102 valence electrons. The molecule has 1 aliphatic rings. The fourth-order valence-corrected chi connectivity index (χ4v) is 4.31.